The van der Waals surface area contributed by atoms with Crippen LogP contribution in [-0.4, -0.2) is 24.2 Å². The average Bonchev–Trinajstić information content (AvgIpc) is 2.57. The van der Waals surface area contributed by atoms with Crippen molar-refractivity contribution in [1.82, 2.24) is 10.3 Å². The van der Waals surface area contributed by atoms with Gasteiger partial charge in [0.2, 0.25) is 5.88 Å². The number of nitrogens with one attached hydrogen (secondary N) is 1. The van der Waals surface area contributed by atoms with Crippen LogP contribution in [0.4, 0.5) is 13.2 Å². The van der Waals surface area contributed by atoms with Crippen molar-refractivity contribution in [3.05, 3.63) is 23.9 Å². The molecule has 18 heavy (non-hydrogen) atoms. The van der Waals surface area contributed by atoms with E-state index in [0.29, 0.717) is 0 Å². The monoisotopic (exact) mass is 260 g/mol. The van der Waals surface area contributed by atoms with Gasteiger partial charge in [0.1, 0.15) is 6.10 Å². The van der Waals surface area contributed by atoms with Gasteiger partial charge in [0.25, 0.3) is 0 Å². The molecule has 1 aromatic heterocycles. The number of rotatable bonds is 2. The first-order valence-corrected chi connectivity index (χ1v) is 5.96. The molecule has 0 spiro atoms. The first kappa shape index (κ1) is 13.1. The second kappa shape index (κ2) is 5.56. The number of ether oxygens (including phenoxy) is 1. The lowest BCUT2D eigenvalue weighted by molar-refractivity contribution is -0.137. The predicted molar refractivity (Wildman–Crippen MR) is 60.4 cm³/mol. The zero-order chi connectivity index (χ0) is 13.0. The van der Waals surface area contributed by atoms with Crippen LogP contribution in [0.5, 0.6) is 5.88 Å². The molecule has 2 heterocycles. The summed E-state index contributed by atoms with van der Waals surface area (Å²) in [5.74, 6) is 0.259. The van der Waals surface area contributed by atoms with Gasteiger partial charge >= 0.3 is 6.18 Å². The fraction of sp³-hybridized carbons (Fsp3) is 0.583. The van der Waals surface area contributed by atoms with Crippen LogP contribution in [0.15, 0.2) is 18.3 Å². The normalized spacial score (nSPS) is 21.4. The summed E-state index contributed by atoms with van der Waals surface area (Å²) in [6.07, 6.45) is -0.754. The highest BCUT2D eigenvalue weighted by Gasteiger charge is 2.30. The maximum Gasteiger partial charge on any atom is 0.417 e. The minimum Gasteiger partial charge on any atom is -0.474 e. The average molecular weight is 260 g/mol. The molecule has 1 N–H and O–H groups in total. The molecule has 0 amide bonds. The lowest BCUT2D eigenvalue weighted by Crippen LogP contribution is -2.19. The third kappa shape index (κ3) is 3.60. The fourth-order valence-corrected chi connectivity index (χ4v) is 1.89. The fourth-order valence-electron chi connectivity index (χ4n) is 1.89. The van der Waals surface area contributed by atoms with Gasteiger partial charge in [-0.25, -0.2) is 4.98 Å². The van der Waals surface area contributed by atoms with Gasteiger partial charge in [0, 0.05) is 12.3 Å². The van der Waals surface area contributed by atoms with E-state index in [1.807, 2.05) is 0 Å². The molecule has 0 bridgehead atoms. The van der Waals surface area contributed by atoms with Crippen LogP contribution in [0, 0.1) is 0 Å². The Balaban J connectivity index is 1.97. The summed E-state index contributed by atoms with van der Waals surface area (Å²) in [6.45, 7) is 1.83. The van der Waals surface area contributed by atoms with Gasteiger partial charge in [0.15, 0.2) is 0 Å². The third-order valence-electron chi connectivity index (χ3n) is 2.87. The number of nitrogens with zero attached hydrogens (tertiary/aromatic N) is 1. The van der Waals surface area contributed by atoms with Crippen LogP contribution in [0.1, 0.15) is 24.8 Å². The third-order valence-corrected chi connectivity index (χ3v) is 2.87. The second-order valence-electron chi connectivity index (χ2n) is 4.30. The molecule has 0 radical (unpaired) electrons. The Morgan fingerprint density at radius 2 is 2.06 bits per heavy atom. The molecular formula is C12H15F3N2O. The van der Waals surface area contributed by atoms with Crippen LogP contribution in [0.2, 0.25) is 0 Å². The summed E-state index contributed by atoms with van der Waals surface area (Å²) in [5.41, 5.74) is -0.752. The van der Waals surface area contributed by atoms with Gasteiger partial charge in [-0.3, -0.25) is 0 Å². The van der Waals surface area contributed by atoms with Crippen LogP contribution >= 0.6 is 0 Å². The van der Waals surface area contributed by atoms with Crippen LogP contribution in [0.3, 0.4) is 0 Å². The molecule has 2 rings (SSSR count). The lowest BCUT2D eigenvalue weighted by atomic mass is 10.1. The number of hydrogen-bond donors (Lipinski definition) is 1. The summed E-state index contributed by atoms with van der Waals surface area (Å²) in [5, 5.41) is 3.24. The van der Waals surface area contributed by atoms with Crippen molar-refractivity contribution < 1.29 is 17.9 Å². The summed E-state index contributed by atoms with van der Waals surface area (Å²) < 4.78 is 42.6. The van der Waals surface area contributed by atoms with Crippen molar-refractivity contribution in [3.8, 4) is 5.88 Å². The predicted octanol–water partition coefficient (Wildman–Crippen LogP) is 2.62. The molecule has 1 aliphatic heterocycles. The van der Waals surface area contributed by atoms with Crippen LogP contribution in [0.25, 0.3) is 0 Å². The first-order valence-electron chi connectivity index (χ1n) is 5.96. The summed E-state index contributed by atoms with van der Waals surface area (Å²) >= 11 is 0. The summed E-state index contributed by atoms with van der Waals surface area (Å²) in [7, 11) is 0. The van der Waals surface area contributed by atoms with Gasteiger partial charge in [-0.15, -0.1) is 0 Å². The van der Waals surface area contributed by atoms with Gasteiger partial charge in [-0.2, -0.15) is 13.2 Å². The molecule has 1 saturated heterocycles. The molecule has 6 heteroatoms. The minimum atomic E-state index is -4.35. The van der Waals surface area contributed by atoms with Crippen molar-refractivity contribution >= 4 is 0 Å². The van der Waals surface area contributed by atoms with Gasteiger partial charge in [0.05, 0.1) is 5.56 Å². The summed E-state index contributed by atoms with van der Waals surface area (Å²) in [4.78, 5) is 3.71. The molecule has 0 aromatic carbocycles. The van der Waals surface area contributed by atoms with E-state index < -0.39 is 11.7 Å². The molecule has 1 aromatic rings. The Morgan fingerprint density at radius 3 is 2.72 bits per heavy atom. The van der Waals surface area contributed by atoms with Gasteiger partial charge in [-0.05, 0) is 38.4 Å². The maximum atomic E-state index is 12.3. The van der Waals surface area contributed by atoms with Gasteiger partial charge in [-0.1, -0.05) is 0 Å². The Hall–Kier alpha value is -1.30. The number of hydrogen-bond acceptors (Lipinski definition) is 3. The van der Waals surface area contributed by atoms with Crippen molar-refractivity contribution in [3.63, 3.8) is 0 Å². The molecule has 0 aliphatic carbocycles. The van der Waals surface area contributed by atoms with E-state index in [0.717, 1.165) is 44.6 Å². The number of halogens is 3. The van der Waals surface area contributed by atoms with E-state index in [1.165, 1.54) is 6.07 Å². The van der Waals surface area contributed by atoms with Crippen molar-refractivity contribution in [2.24, 2.45) is 0 Å². The summed E-state index contributed by atoms with van der Waals surface area (Å²) in [6, 6.07) is 2.28. The smallest absolute Gasteiger partial charge is 0.417 e. The Morgan fingerprint density at radius 1 is 1.22 bits per heavy atom. The maximum absolute atomic E-state index is 12.3. The molecule has 3 nitrogen and oxygen atoms in total. The molecule has 1 aliphatic rings. The molecule has 100 valence electrons. The number of alkyl halides is 3. The highest BCUT2D eigenvalue weighted by atomic mass is 19.4. The van der Waals surface area contributed by atoms with E-state index in [9.17, 15) is 13.2 Å². The van der Waals surface area contributed by atoms with E-state index >= 15 is 0 Å². The van der Waals surface area contributed by atoms with Crippen LogP contribution in [-0.2, 0) is 6.18 Å². The SMILES string of the molecule is FC(F)(F)c1ccc(OC2CCCNCC2)nc1. The quantitative estimate of drug-likeness (QED) is 0.887. The second-order valence-corrected chi connectivity index (χ2v) is 4.30. The van der Waals surface area contributed by atoms with Crippen molar-refractivity contribution in [2.75, 3.05) is 13.1 Å². The van der Waals surface area contributed by atoms with E-state index in [-0.39, 0.29) is 12.0 Å². The number of aromatic nitrogens is 1. The zero-order valence-electron chi connectivity index (χ0n) is 9.83. The molecule has 1 fully saturated rings. The van der Waals surface area contributed by atoms with Crippen molar-refractivity contribution in [1.29, 1.82) is 0 Å². The molecule has 0 saturated carbocycles. The van der Waals surface area contributed by atoms with E-state index in [1.54, 1.807) is 0 Å². The zero-order valence-corrected chi connectivity index (χ0v) is 9.83. The van der Waals surface area contributed by atoms with Gasteiger partial charge < -0.3 is 10.1 Å². The van der Waals surface area contributed by atoms with E-state index in [2.05, 4.69) is 10.3 Å². The van der Waals surface area contributed by atoms with Crippen LogP contribution < -0.4 is 10.1 Å². The minimum absolute atomic E-state index is 0.0317. The highest BCUT2D eigenvalue weighted by Crippen LogP contribution is 2.29. The lowest BCUT2D eigenvalue weighted by Gasteiger charge is -2.16. The highest BCUT2D eigenvalue weighted by molar-refractivity contribution is 5.20. The standard InChI is InChI=1S/C12H15F3N2O/c13-12(14,15)9-3-4-11(17-8-9)18-10-2-1-6-16-7-5-10/h3-4,8,10,16H,1-2,5-7H2. The molecule has 1 atom stereocenters. The molecular weight excluding hydrogens is 245 g/mol. The largest absolute Gasteiger partial charge is 0.474 e. The Labute approximate surface area is 103 Å². The van der Waals surface area contributed by atoms with E-state index in [4.69, 9.17) is 4.74 Å². The topological polar surface area (TPSA) is 34.1 Å². The van der Waals surface area contributed by atoms with Crippen molar-refractivity contribution in [2.45, 2.75) is 31.5 Å². The first-order chi connectivity index (χ1) is 8.55. The molecule has 1 unspecified atom stereocenters. The number of pyridine rings is 1. The Bertz CT molecular complexity index is 370. The Kier molecular flexibility index (Phi) is 4.06.